The molecule has 9 rings (SSSR count). The lowest BCUT2D eigenvalue weighted by atomic mass is 9.87. The van der Waals surface area contributed by atoms with E-state index in [1.54, 1.807) is 0 Å². The van der Waals surface area contributed by atoms with E-state index in [0.717, 1.165) is 55.5 Å². The highest BCUT2D eigenvalue weighted by atomic mass is 16.3. The molecule has 0 aliphatic heterocycles. The van der Waals surface area contributed by atoms with Crippen LogP contribution in [0, 0.1) is 11.3 Å². The lowest BCUT2D eigenvalue weighted by Gasteiger charge is -2.24. The first kappa shape index (κ1) is 33.2. The summed E-state index contributed by atoms with van der Waals surface area (Å²) in [6, 6.07) is 55.3. The second kappa shape index (κ2) is 13.4. The zero-order valence-electron chi connectivity index (χ0n) is 30.8. The summed E-state index contributed by atoms with van der Waals surface area (Å²) in [6.07, 6.45) is 0. The van der Waals surface area contributed by atoms with Crippen molar-refractivity contribution in [3.05, 3.63) is 168 Å². The van der Waals surface area contributed by atoms with Crippen LogP contribution in [0.25, 0.3) is 83.4 Å². The first-order valence-electron chi connectivity index (χ1n) is 18.7. The van der Waals surface area contributed by atoms with Crippen LogP contribution in [0.4, 0.5) is 0 Å². The number of nitriles is 1. The average Bonchev–Trinajstić information content (AvgIpc) is 3.78. The van der Waals surface area contributed by atoms with Gasteiger partial charge in [0, 0.05) is 16.3 Å². The van der Waals surface area contributed by atoms with E-state index in [-0.39, 0.29) is 11.8 Å². The van der Waals surface area contributed by atoms with E-state index in [2.05, 4.69) is 148 Å². The number of hydrogen-bond acceptors (Lipinski definition) is 3. The maximum Gasteiger partial charge on any atom is 0.149 e. The number of hydrogen-bond donors (Lipinski definition) is 0. The molecule has 2 aromatic heterocycles. The van der Waals surface area contributed by atoms with Gasteiger partial charge in [-0.25, -0.2) is 4.98 Å². The number of furan rings is 1. The van der Waals surface area contributed by atoms with E-state index in [1.165, 1.54) is 39.1 Å². The quantitative estimate of drug-likeness (QED) is 0.167. The van der Waals surface area contributed by atoms with E-state index >= 15 is 0 Å². The molecule has 0 atom stereocenters. The molecule has 0 saturated carbocycles. The maximum atomic E-state index is 10.2. The number of para-hydroxylation sites is 3. The third kappa shape index (κ3) is 5.57. The van der Waals surface area contributed by atoms with Gasteiger partial charge in [0.1, 0.15) is 17.0 Å². The molecular weight excluding hydrogens is 659 g/mol. The summed E-state index contributed by atoms with van der Waals surface area (Å²) in [5.74, 6) is 1.30. The fraction of sp³-hybridized carbons (Fsp3) is 0.120. The van der Waals surface area contributed by atoms with Crippen LogP contribution in [-0.2, 0) is 0 Å². The molecule has 0 unspecified atom stereocenters. The molecule has 2 heterocycles. The summed E-state index contributed by atoms with van der Waals surface area (Å²) in [5, 5.41) is 12.1. The molecular formula is C50H39N3O. The van der Waals surface area contributed by atoms with Crippen molar-refractivity contribution in [2.75, 3.05) is 0 Å². The van der Waals surface area contributed by atoms with Crippen molar-refractivity contribution >= 4 is 33.0 Å². The van der Waals surface area contributed by atoms with Crippen molar-refractivity contribution in [3.63, 3.8) is 0 Å². The highest BCUT2D eigenvalue weighted by molar-refractivity contribution is 6.11. The minimum atomic E-state index is 0.234. The molecule has 0 aliphatic carbocycles. The molecule has 4 heteroatoms. The first-order valence-corrected chi connectivity index (χ1v) is 18.7. The molecule has 4 nitrogen and oxygen atoms in total. The number of aromatic nitrogens is 2. The summed E-state index contributed by atoms with van der Waals surface area (Å²) in [5.41, 5.74) is 15.3. The SMILES string of the molecule is CC(C)c1cc(-c2ccc(-c3ccccc3)cc2)cc(C(C)C)c1-n1c(-c2cccc3c2oc2cc(-c4ccccc4)c(C#N)cc23)nc2ccccc21. The fourth-order valence-electron chi connectivity index (χ4n) is 7.87. The Bertz CT molecular complexity index is 2840. The van der Waals surface area contributed by atoms with Crippen molar-refractivity contribution < 1.29 is 4.42 Å². The number of nitrogens with zero attached hydrogens (tertiary/aromatic N) is 3. The summed E-state index contributed by atoms with van der Waals surface area (Å²) >= 11 is 0. The standard InChI is InChI=1S/C50H39N3O/c1-31(2)41-26-37(35-24-22-34(23-25-35)33-14-7-5-8-15-33)27-42(32(3)4)48(41)53-46-21-12-11-20-45(46)52-50(53)40-19-13-18-39-44-28-38(30-51)43(29-47(44)54-49(39)40)36-16-9-6-10-17-36/h5-29,31-32H,1-4H3. The smallest absolute Gasteiger partial charge is 0.149 e. The van der Waals surface area contributed by atoms with Gasteiger partial charge in [0.25, 0.3) is 0 Å². The molecule has 0 spiro atoms. The van der Waals surface area contributed by atoms with Crippen molar-refractivity contribution in [3.8, 4) is 56.5 Å². The van der Waals surface area contributed by atoms with Gasteiger partial charge in [0.2, 0.25) is 0 Å². The van der Waals surface area contributed by atoms with Crippen LogP contribution in [0.2, 0.25) is 0 Å². The zero-order chi connectivity index (χ0) is 36.9. The summed E-state index contributed by atoms with van der Waals surface area (Å²) in [6.45, 7) is 9.12. The van der Waals surface area contributed by atoms with Crippen LogP contribution in [0.3, 0.4) is 0 Å². The van der Waals surface area contributed by atoms with Gasteiger partial charge in [-0.1, -0.05) is 137 Å². The lowest BCUT2D eigenvalue weighted by Crippen LogP contribution is -2.09. The minimum Gasteiger partial charge on any atom is -0.455 e. The molecule has 0 amide bonds. The second-order valence-corrected chi connectivity index (χ2v) is 14.7. The Morgan fingerprint density at radius 1 is 0.556 bits per heavy atom. The van der Waals surface area contributed by atoms with Crippen LogP contribution in [0.5, 0.6) is 0 Å². The van der Waals surface area contributed by atoms with Crippen LogP contribution in [0.15, 0.2) is 156 Å². The van der Waals surface area contributed by atoms with Gasteiger partial charge < -0.3 is 4.42 Å². The summed E-state index contributed by atoms with van der Waals surface area (Å²) in [7, 11) is 0. The van der Waals surface area contributed by atoms with E-state index in [1.807, 2.05) is 42.5 Å². The largest absolute Gasteiger partial charge is 0.455 e. The molecule has 0 N–H and O–H groups in total. The Labute approximate surface area is 315 Å². The van der Waals surface area contributed by atoms with Crippen molar-refractivity contribution in [2.45, 2.75) is 39.5 Å². The van der Waals surface area contributed by atoms with Crippen molar-refractivity contribution in [2.24, 2.45) is 0 Å². The Hall–Kier alpha value is -6.70. The molecule has 0 aliphatic rings. The predicted molar refractivity (Wildman–Crippen MR) is 223 cm³/mol. The first-order chi connectivity index (χ1) is 26.4. The van der Waals surface area contributed by atoms with Crippen LogP contribution < -0.4 is 0 Å². The third-order valence-corrected chi connectivity index (χ3v) is 10.6. The summed E-state index contributed by atoms with van der Waals surface area (Å²) < 4.78 is 9.16. The molecule has 0 bridgehead atoms. The van der Waals surface area contributed by atoms with Crippen molar-refractivity contribution in [1.82, 2.24) is 9.55 Å². The molecule has 260 valence electrons. The summed E-state index contributed by atoms with van der Waals surface area (Å²) in [4.78, 5) is 5.35. The van der Waals surface area contributed by atoms with Crippen LogP contribution in [-0.4, -0.2) is 9.55 Å². The number of benzene rings is 7. The van der Waals surface area contributed by atoms with Gasteiger partial charge in [0.15, 0.2) is 0 Å². The van der Waals surface area contributed by atoms with Gasteiger partial charge in [0.05, 0.1) is 33.9 Å². The Kier molecular flexibility index (Phi) is 8.21. The number of rotatable bonds is 7. The van der Waals surface area contributed by atoms with Crippen molar-refractivity contribution in [1.29, 1.82) is 5.26 Å². The second-order valence-electron chi connectivity index (χ2n) is 14.7. The highest BCUT2D eigenvalue weighted by Gasteiger charge is 2.26. The predicted octanol–water partition coefficient (Wildman–Crippen LogP) is 13.7. The number of fused-ring (bicyclic) bond motifs is 4. The topological polar surface area (TPSA) is 54.8 Å². The fourth-order valence-corrected chi connectivity index (χ4v) is 7.87. The Morgan fingerprint density at radius 3 is 1.80 bits per heavy atom. The van der Waals surface area contributed by atoms with Crippen LogP contribution in [0.1, 0.15) is 56.2 Å². The Balaban J connectivity index is 1.27. The monoisotopic (exact) mass is 697 g/mol. The van der Waals surface area contributed by atoms with Gasteiger partial charge in [-0.05, 0) is 93.2 Å². The van der Waals surface area contributed by atoms with Gasteiger partial charge in [-0.3, -0.25) is 4.57 Å². The molecule has 9 aromatic rings. The van der Waals surface area contributed by atoms with Gasteiger partial charge in [-0.2, -0.15) is 5.26 Å². The highest BCUT2D eigenvalue weighted by Crippen LogP contribution is 2.43. The van der Waals surface area contributed by atoms with Crippen LogP contribution >= 0.6 is 0 Å². The van der Waals surface area contributed by atoms with Gasteiger partial charge in [-0.15, -0.1) is 0 Å². The normalized spacial score (nSPS) is 11.6. The van der Waals surface area contributed by atoms with E-state index in [9.17, 15) is 5.26 Å². The minimum absolute atomic E-state index is 0.234. The zero-order valence-corrected chi connectivity index (χ0v) is 30.8. The molecule has 54 heavy (non-hydrogen) atoms. The number of imidazole rings is 1. The van der Waals surface area contributed by atoms with E-state index in [0.29, 0.717) is 5.56 Å². The third-order valence-electron chi connectivity index (χ3n) is 10.6. The van der Waals surface area contributed by atoms with Gasteiger partial charge >= 0.3 is 0 Å². The Morgan fingerprint density at radius 2 is 1.15 bits per heavy atom. The lowest BCUT2D eigenvalue weighted by molar-refractivity contribution is 0.669. The maximum absolute atomic E-state index is 10.2. The van der Waals surface area contributed by atoms with E-state index in [4.69, 9.17) is 9.40 Å². The molecule has 0 fully saturated rings. The molecule has 0 saturated heterocycles. The molecule has 7 aromatic carbocycles. The molecule has 0 radical (unpaired) electrons. The average molecular weight is 698 g/mol. The van der Waals surface area contributed by atoms with E-state index < -0.39 is 0 Å².